The summed E-state index contributed by atoms with van der Waals surface area (Å²) in [7, 11) is 0. The average molecular weight is 495 g/mol. The Morgan fingerprint density at radius 1 is 1.08 bits per heavy atom. The molecule has 1 N–H and O–H groups in total. The number of amidine groups is 2. The Bertz CT molecular complexity index is 1400. The Balaban J connectivity index is 1.37. The van der Waals surface area contributed by atoms with Crippen LogP contribution in [0.5, 0.6) is 0 Å². The fraction of sp³-hybridized carbons (Fsp3) is 0.320. The van der Waals surface area contributed by atoms with Crippen LogP contribution in [0.1, 0.15) is 53.7 Å². The van der Waals surface area contributed by atoms with Gasteiger partial charge in [-0.15, -0.1) is 0 Å². The third-order valence-corrected chi connectivity index (χ3v) is 6.08. The van der Waals surface area contributed by atoms with Crippen LogP contribution < -0.4 is 5.43 Å². The van der Waals surface area contributed by atoms with Gasteiger partial charge < -0.3 is 5.43 Å². The predicted molar refractivity (Wildman–Crippen MR) is 130 cm³/mol. The molecule has 1 aromatic carbocycles. The number of hydrazine groups is 1. The van der Waals surface area contributed by atoms with Crippen molar-refractivity contribution in [1.29, 1.82) is 0 Å². The standard InChI is InChI=1S/C25H25F3N8/c1-14(2)22-21(16(4)30-13-31-22)23-29-10-18-11-32-35(24(18)33-23)12-17-5-7-19(8-6-17)36-15(3)9-20(34-36)25(26,27)28/h5-9,11,13-14,32H,10,12H2,1-4H3. The molecule has 0 fully saturated rings. The number of benzene rings is 1. The molecule has 0 unspecified atom stereocenters. The normalized spacial score (nSPS) is 15.4. The van der Waals surface area contributed by atoms with Crippen LogP contribution in [0.15, 0.2) is 58.4 Å². The zero-order valence-electron chi connectivity index (χ0n) is 20.3. The average Bonchev–Trinajstić information content (AvgIpc) is 3.42. The Morgan fingerprint density at radius 3 is 2.50 bits per heavy atom. The van der Waals surface area contributed by atoms with Crippen molar-refractivity contribution >= 4 is 11.7 Å². The number of aromatic nitrogens is 4. The van der Waals surface area contributed by atoms with Gasteiger partial charge in [0.05, 0.1) is 35.7 Å². The summed E-state index contributed by atoms with van der Waals surface area (Å²) < 4.78 is 40.4. The summed E-state index contributed by atoms with van der Waals surface area (Å²) in [4.78, 5) is 18.4. The second-order valence-corrected chi connectivity index (χ2v) is 9.08. The van der Waals surface area contributed by atoms with E-state index in [-0.39, 0.29) is 5.92 Å². The summed E-state index contributed by atoms with van der Waals surface area (Å²) in [6, 6.07) is 8.30. The highest BCUT2D eigenvalue weighted by Crippen LogP contribution is 2.29. The molecule has 2 aromatic heterocycles. The van der Waals surface area contributed by atoms with Crippen LogP contribution in [-0.2, 0) is 12.7 Å². The summed E-state index contributed by atoms with van der Waals surface area (Å²) >= 11 is 0. The number of nitrogens with zero attached hydrogens (tertiary/aromatic N) is 7. The van der Waals surface area contributed by atoms with Crippen LogP contribution in [0.3, 0.4) is 0 Å². The number of aliphatic imine (C=N–C) groups is 2. The lowest BCUT2D eigenvalue weighted by atomic mass is 10.0. The third kappa shape index (κ3) is 4.36. The summed E-state index contributed by atoms with van der Waals surface area (Å²) in [5, 5.41) is 5.64. The molecule has 36 heavy (non-hydrogen) atoms. The van der Waals surface area contributed by atoms with E-state index in [4.69, 9.17) is 4.99 Å². The van der Waals surface area contributed by atoms with Gasteiger partial charge in [-0.25, -0.2) is 19.6 Å². The lowest BCUT2D eigenvalue weighted by Gasteiger charge is -2.23. The van der Waals surface area contributed by atoms with Gasteiger partial charge in [0.25, 0.3) is 0 Å². The number of rotatable bonds is 5. The van der Waals surface area contributed by atoms with Crippen molar-refractivity contribution in [3.05, 3.63) is 82.3 Å². The lowest BCUT2D eigenvalue weighted by molar-refractivity contribution is -0.141. The van der Waals surface area contributed by atoms with Crippen molar-refractivity contribution in [2.75, 3.05) is 6.54 Å². The smallest absolute Gasteiger partial charge is 0.304 e. The number of alkyl halides is 3. The molecule has 0 saturated carbocycles. The molecule has 0 radical (unpaired) electrons. The monoisotopic (exact) mass is 494 g/mol. The summed E-state index contributed by atoms with van der Waals surface area (Å²) in [6.07, 6.45) is -1.03. The van der Waals surface area contributed by atoms with Gasteiger partial charge in [0.1, 0.15) is 6.33 Å². The molecule has 5 rings (SSSR count). The highest BCUT2D eigenvalue weighted by Gasteiger charge is 2.34. The Kier molecular flexibility index (Phi) is 5.85. The molecule has 11 heteroatoms. The van der Waals surface area contributed by atoms with Crippen LogP contribution in [0.4, 0.5) is 13.2 Å². The second-order valence-electron chi connectivity index (χ2n) is 9.08. The fourth-order valence-corrected chi connectivity index (χ4v) is 4.26. The molecule has 0 saturated heterocycles. The predicted octanol–water partition coefficient (Wildman–Crippen LogP) is 4.48. The molecule has 186 valence electrons. The highest BCUT2D eigenvalue weighted by molar-refractivity contribution is 6.14. The van der Waals surface area contributed by atoms with Crippen LogP contribution in [0, 0.1) is 13.8 Å². The molecule has 4 heterocycles. The van der Waals surface area contributed by atoms with Crippen molar-refractivity contribution in [3.63, 3.8) is 0 Å². The van der Waals surface area contributed by atoms with Gasteiger partial charge in [-0.1, -0.05) is 26.0 Å². The second kappa shape index (κ2) is 8.89. The zero-order valence-corrected chi connectivity index (χ0v) is 20.3. The maximum Gasteiger partial charge on any atom is 0.435 e. The van der Waals surface area contributed by atoms with Gasteiger partial charge in [-0.2, -0.15) is 18.3 Å². The van der Waals surface area contributed by atoms with Crippen LogP contribution in [0.2, 0.25) is 0 Å². The Hall–Kier alpha value is -4.02. The maximum absolute atomic E-state index is 13.0. The SMILES string of the molecule is Cc1ncnc(C(C)C)c1C1=NCC2=CNN(Cc3ccc(-n4nc(C(F)(F)F)cc4C)cc3)C2=N1. The quantitative estimate of drug-likeness (QED) is 0.565. The van der Waals surface area contributed by atoms with E-state index in [0.29, 0.717) is 30.3 Å². The van der Waals surface area contributed by atoms with E-state index in [1.54, 1.807) is 25.4 Å². The van der Waals surface area contributed by atoms with Crippen LogP contribution in [-0.4, -0.2) is 43.0 Å². The zero-order chi connectivity index (χ0) is 25.6. The number of halogens is 3. The van der Waals surface area contributed by atoms with Gasteiger partial charge in [0.2, 0.25) is 0 Å². The Labute approximate surface area is 206 Å². The van der Waals surface area contributed by atoms with Crippen molar-refractivity contribution in [2.24, 2.45) is 9.98 Å². The largest absolute Gasteiger partial charge is 0.435 e. The fourth-order valence-electron chi connectivity index (χ4n) is 4.26. The van der Waals surface area contributed by atoms with Gasteiger partial charge in [-0.05, 0) is 43.5 Å². The van der Waals surface area contributed by atoms with Gasteiger partial charge in [-0.3, -0.25) is 10.0 Å². The number of nitrogens with one attached hydrogen (secondary N) is 1. The van der Waals surface area contributed by atoms with Crippen molar-refractivity contribution in [1.82, 2.24) is 30.2 Å². The highest BCUT2D eigenvalue weighted by atomic mass is 19.4. The number of fused-ring (bicyclic) bond motifs is 1. The summed E-state index contributed by atoms with van der Waals surface area (Å²) in [6.45, 7) is 8.68. The Morgan fingerprint density at radius 2 is 1.83 bits per heavy atom. The molecular formula is C25H25F3N8. The van der Waals surface area contributed by atoms with E-state index in [9.17, 15) is 13.2 Å². The maximum atomic E-state index is 13.0. The molecule has 2 aliphatic rings. The van der Waals surface area contributed by atoms with E-state index in [1.165, 1.54) is 4.68 Å². The molecular weight excluding hydrogens is 469 g/mol. The van der Waals surface area contributed by atoms with E-state index in [2.05, 4.69) is 39.3 Å². The first kappa shape index (κ1) is 23.7. The first-order valence-electron chi connectivity index (χ1n) is 11.5. The minimum Gasteiger partial charge on any atom is -0.304 e. The first-order valence-corrected chi connectivity index (χ1v) is 11.5. The number of hydrogen-bond donors (Lipinski definition) is 1. The molecule has 0 atom stereocenters. The molecule has 0 bridgehead atoms. The number of hydrogen-bond acceptors (Lipinski definition) is 7. The van der Waals surface area contributed by atoms with E-state index >= 15 is 0 Å². The first-order chi connectivity index (χ1) is 17.1. The molecule has 0 amide bonds. The van der Waals surface area contributed by atoms with E-state index < -0.39 is 11.9 Å². The van der Waals surface area contributed by atoms with E-state index in [1.807, 2.05) is 30.3 Å². The minimum absolute atomic E-state index is 0.198. The molecule has 3 aromatic rings. The third-order valence-electron chi connectivity index (χ3n) is 6.08. The van der Waals surface area contributed by atoms with E-state index in [0.717, 1.165) is 40.0 Å². The molecule has 8 nitrogen and oxygen atoms in total. The molecule has 0 aliphatic carbocycles. The summed E-state index contributed by atoms with van der Waals surface area (Å²) in [5.41, 5.74) is 7.84. The minimum atomic E-state index is -4.48. The number of aryl methyl sites for hydroxylation is 2. The van der Waals surface area contributed by atoms with Gasteiger partial charge >= 0.3 is 6.18 Å². The summed E-state index contributed by atoms with van der Waals surface area (Å²) in [5.74, 6) is 1.59. The lowest BCUT2D eigenvalue weighted by Crippen LogP contribution is -2.36. The van der Waals surface area contributed by atoms with Gasteiger partial charge in [0, 0.05) is 17.5 Å². The van der Waals surface area contributed by atoms with Crippen molar-refractivity contribution in [2.45, 2.75) is 46.3 Å². The van der Waals surface area contributed by atoms with Crippen LogP contribution >= 0.6 is 0 Å². The van der Waals surface area contributed by atoms with Crippen molar-refractivity contribution < 1.29 is 13.2 Å². The van der Waals surface area contributed by atoms with Crippen molar-refractivity contribution in [3.8, 4) is 5.69 Å². The van der Waals surface area contributed by atoms with Gasteiger partial charge in [0.15, 0.2) is 17.4 Å². The molecule has 0 spiro atoms. The van der Waals surface area contributed by atoms with Crippen LogP contribution in [0.25, 0.3) is 5.69 Å². The topological polar surface area (TPSA) is 83.6 Å². The molecule has 2 aliphatic heterocycles.